The maximum absolute atomic E-state index is 11.6. The second-order valence-corrected chi connectivity index (χ2v) is 4.69. The molecule has 0 saturated carbocycles. The molecule has 1 unspecified atom stereocenters. The van der Waals surface area contributed by atoms with E-state index in [4.69, 9.17) is 9.84 Å². The van der Waals surface area contributed by atoms with Crippen LogP contribution in [0.15, 0.2) is 24.3 Å². The molecule has 0 radical (unpaired) electrons. The number of aliphatic carboxylic acids is 1. The number of carbonyl (C=O) groups excluding carboxylic acids is 1. The molecule has 1 saturated heterocycles. The first-order valence-corrected chi connectivity index (χ1v) is 6.34. The largest absolute Gasteiger partial charge is 0.493 e. The highest BCUT2D eigenvalue weighted by atomic mass is 16.5. The SMILES string of the molecule is CC(COc1ccc(N2CCCC2=O)cc1)C(=O)O. The number of carboxylic acid groups (broad SMARTS) is 1. The summed E-state index contributed by atoms with van der Waals surface area (Å²) in [5.74, 6) is -0.657. The number of ether oxygens (including phenoxy) is 1. The molecule has 5 heteroatoms. The Morgan fingerprint density at radius 1 is 1.42 bits per heavy atom. The van der Waals surface area contributed by atoms with E-state index in [1.165, 1.54) is 0 Å². The van der Waals surface area contributed by atoms with Crippen molar-refractivity contribution < 1.29 is 19.4 Å². The summed E-state index contributed by atoms with van der Waals surface area (Å²) >= 11 is 0. The quantitative estimate of drug-likeness (QED) is 0.881. The summed E-state index contributed by atoms with van der Waals surface area (Å²) < 4.78 is 5.39. The van der Waals surface area contributed by atoms with E-state index in [1.807, 2.05) is 12.1 Å². The Labute approximate surface area is 111 Å². The van der Waals surface area contributed by atoms with Gasteiger partial charge in [0, 0.05) is 18.7 Å². The molecule has 1 N–H and O–H groups in total. The number of hydrogen-bond acceptors (Lipinski definition) is 3. The third-order valence-electron chi connectivity index (χ3n) is 3.14. The van der Waals surface area contributed by atoms with Crippen molar-refractivity contribution in [2.45, 2.75) is 19.8 Å². The zero-order chi connectivity index (χ0) is 13.8. The Morgan fingerprint density at radius 2 is 2.11 bits per heavy atom. The second kappa shape index (κ2) is 5.73. The van der Waals surface area contributed by atoms with Gasteiger partial charge in [-0.2, -0.15) is 0 Å². The van der Waals surface area contributed by atoms with E-state index in [0.717, 1.165) is 18.7 Å². The fraction of sp³-hybridized carbons (Fsp3) is 0.429. The predicted molar refractivity (Wildman–Crippen MR) is 70.3 cm³/mol. The van der Waals surface area contributed by atoms with Gasteiger partial charge >= 0.3 is 5.97 Å². The summed E-state index contributed by atoms with van der Waals surface area (Å²) in [6.45, 7) is 2.49. The average Bonchev–Trinajstić information content (AvgIpc) is 2.82. The normalized spacial score (nSPS) is 16.5. The van der Waals surface area contributed by atoms with Gasteiger partial charge < -0.3 is 14.7 Å². The Morgan fingerprint density at radius 3 is 2.63 bits per heavy atom. The minimum absolute atomic E-state index is 0.136. The molecule has 102 valence electrons. The molecule has 0 bridgehead atoms. The summed E-state index contributed by atoms with van der Waals surface area (Å²) in [5.41, 5.74) is 0.862. The van der Waals surface area contributed by atoms with Gasteiger partial charge in [-0.25, -0.2) is 0 Å². The van der Waals surface area contributed by atoms with Gasteiger partial charge in [0.25, 0.3) is 0 Å². The highest BCUT2D eigenvalue weighted by Crippen LogP contribution is 2.24. The van der Waals surface area contributed by atoms with E-state index in [-0.39, 0.29) is 12.5 Å². The maximum atomic E-state index is 11.6. The van der Waals surface area contributed by atoms with Crippen LogP contribution in [-0.2, 0) is 9.59 Å². The van der Waals surface area contributed by atoms with Crippen LogP contribution in [-0.4, -0.2) is 30.1 Å². The molecule has 2 rings (SSSR count). The summed E-state index contributed by atoms with van der Waals surface area (Å²) in [6, 6.07) is 7.17. The molecule has 19 heavy (non-hydrogen) atoms. The summed E-state index contributed by atoms with van der Waals surface area (Å²) in [6.07, 6.45) is 1.50. The number of amides is 1. The molecule has 1 fully saturated rings. The number of carboxylic acids is 1. The molecular weight excluding hydrogens is 246 g/mol. The van der Waals surface area contributed by atoms with Gasteiger partial charge in [-0.05, 0) is 37.6 Å². The van der Waals surface area contributed by atoms with Crippen LogP contribution in [0.2, 0.25) is 0 Å². The molecular formula is C14H17NO4. The molecule has 5 nitrogen and oxygen atoms in total. The Bertz CT molecular complexity index is 469. The van der Waals surface area contributed by atoms with E-state index in [9.17, 15) is 9.59 Å². The number of nitrogens with zero attached hydrogens (tertiary/aromatic N) is 1. The van der Waals surface area contributed by atoms with Crippen LogP contribution in [0.5, 0.6) is 5.75 Å². The fourth-order valence-electron chi connectivity index (χ4n) is 1.94. The molecule has 1 aromatic carbocycles. The van der Waals surface area contributed by atoms with E-state index in [0.29, 0.717) is 12.2 Å². The molecule has 1 heterocycles. The smallest absolute Gasteiger partial charge is 0.309 e. The molecule has 0 spiro atoms. The van der Waals surface area contributed by atoms with Crippen LogP contribution in [0.1, 0.15) is 19.8 Å². The third kappa shape index (κ3) is 3.24. The molecule has 1 aliphatic rings. The van der Waals surface area contributed by atoms with Crippen LogP contribution in [0.25, 0.3) is 0 Å². The van der Waals surface area contributed by atoms with Crippen LogP contribution in [0.4, 0.5) is 5.69 Å². The lowest BCUT2D eigenvalue weighted by molar-refractivity contribution is -0.142. The average molecular weight is 263 g/mol. The highest BCUT2D eigenvalue weighted by Gasteiger charge is 2.21. The zero-order valence-corrected chi connectivity index (χ0v) is 10.8. The number of benzene rings is 1. The lowest BCUT2D eigenvalue weighted by Gasteiger charge is -2.16. The van der Waals surface area contributed by atoms with Crippen molar-refractivity contribution in [3.05, 3.63) is 24.3 Å². The number of carbonyl (C=O) groups is 2. The Hall–Kier alpha value is -2.04. The van der Waals surface area contributed by atoms with Crippen molar-refractivity contribution in [1.82, 2.24) is 0 Å². The number of rotatable bonds is 5. The van der Waals surface area contributed by atoms with E-state index in [1.54, 1.807) is 24.0 Å². The topological polar surface area (TPSA) is 66.8 Å². The Kier molecular flexibility index (Phi) is 4.04. The van der Waals surface area contributed by atoms with Gasteiger partial charge in [0.15, 0.2) is 0 Å². The minimum atomic E-state index is -0.876. The first-order chi connectivity index (χ1) is 9.08. The molecule has 1 aliphatic heterocycles. The molecule has 0 aromatic heterocycles. The van der Waals surface area contributed by atoms with Gasteiger partial charge in [-0.3, -0.25) is 9.59 Å². The van der Waals surface area contributed by atoms with Crippen molar-refractivity contribution in [3.63, 3.8) is 0 Å². The maximum Gasteiger partial charge on any atom is 0.309 e. The van der Waals surface area contributed by atoms with E-state index in [2.05, 4.69) is 0 Å². The van der Waals surface area contributed by atoms with Crippen LogP contribution in [0.3, 0.4) is 0 Å². The molecule has 0 aliphatic carbocycles. The van der Waals surface area contributed by atoms with Crippen molar-refractivity contribution in [2.24, 2.45) is 5.92 Å². The second-order valence-electron chi connectivity index (χ2n) is 4.69. The fourth-order valence-corrected chi connectivity index (χ4v) is 1.94. The zero-order valence-electron chi connectivity index (χ0n) is 10.8. The first kappa shape index (κ1) is 13.4. The minimum Gasteiger partial charge on any atom is -0.493 e. The summed E-state index contributed by atoms with van der Waals surface area (Å²) in [7, 11) is 0. The van der Waals surface area contributed by atoms with Gasteiger partial charge in [-0.1, -0.05) is 0 Å². The van der Waals surface area contributed by atoms with Crippen LogP contribution < -0.4 is 9.64 Å². The number of anilines is 1. The standard InChI is InChI=1S/C14H17NO4/c1-10(14(17)18)9-19-12-6-4-11(5-7-12)15-8-2-3-13(15)16/h4-7,10H,2-3,8-9H2,1H3,(H,17,18). The van der Waals surface area contributed by atoms with Gasteiger partial charge in [0.2, 0.25) is 5.91 Å². The molecule has 1 aromatic rings. The lowest BCUT2D eigenvalue weighted by atomic mass is 10.2. The first-order valence-electron chi connectivity index (χ1n) is 6.34. The molecule has 1 amide bonds. The summed E-state index contributed by atoms with van der Waals surface area (Å²) in [5, 5.41) is 8.75. The van der Waals surface area contributed by atoms with Crippen molar-refractivity contribution in [1.29, 1.82) is 0 Å². The van der Waals surface area contributed by atoms with Crippen molar-refractivity contribution in [3.8, 4) is 5.75 Å². The van der Waals surface area contributed by atoms with Gasteiger partial charge in [0.1, 0.15) is 12.4 Å². The third-order valence-corrected chi connectivity index (χ3v) is 3.14. The van der Waals surface area contributed by atoms with Crippen LogP contribution in [0, 0.1) is 5.92 Å². The van der Waals surface area contributed by atoms with Gasteiger partial charge in [-0.15, -0.1) is 0 Å². The van der Waals surface area contributed by atoms with E-state index >= 15 is 0 Å². The predicted octanol–water partition coefficient (Wildman–Crippen LogP) is 1.91. The monoisotopic (exact) mass is 263 g/mol. The van der Waals surface area contributed by atoms with Crippen molar-refractivity contribution >= 4 is 17.6 Å². The van der Waals surface area contributed by atoms with Gasteiger partial charge in [0.05, 0.1) is 5.92 Å². The lowest BCUT2D eigenvalue weighted by Crippen LogP contribution is -2.23. The number of hydrogen-bond donors (Lipinski definition) is 1. The van der Waals surface area contributed by atoms with Crippen LogP contribution >= 0.6 is 0 Å². The molecule has 1 atom stereocenters. The highest BCUT2D eigenvalue weighted by molar-refractivity contribution is 5.95. The Balaban J connectivity index is 1.95. The van der Waals surface area contributed by atoms with Crippen molar-refractivity contribution in [2.75, 3.05) is 18.1 Å². The summed E-state index contributed by atoms with van der Waals surface area (Å²) in [4.78, 5) is 24.0. The van der Waals surface area contributed by atoms with E-state index < -0.39 is 11.9 Å².